The van der Waals surface area contributed by atoms with E-state index >= 15 is 0 Å². The third-order valence-electron chi connectivity index (χ3n) is 2.78. The zero-order chi connectivity index (χ0) is 11.5. The molecule has 1 aliphatic carbocycles. The van der Waals surface area contributed by atoms with Crippen LogP contribution in [0.3, 0.4) is 0 Å². The molecule has 1 aromatic rings. The van der Waals surface area contributed by atoms with Crippen LogP contribution in [-0.4, -0.2) is 17.1 Å². The van der Waals surface area contributed by atoms with E-state index in [9.17, 15) is 10.1 Å². The highest BCUT2D eigenvalue weighted by Crippen LogP contribution is 2.30. The summed E-state index contributed by atoms with van der Waals surface area (Å²) in [5, 5.41) is 10.8. The summed E-state index contributed by atoms with van der Waals surface area (Å²) in [7, 11) is 0. The van der Waals surface area contributed by atoms with Gasteiger partial charge in [0.2, 0.25) is 0 Å². The molecular weight excluding hydrogens is 208 g/mol. The molecule has 1 fully saturated rings. The van der Waals surface area contributed by atoms with Crippen molar-refractivity contribution >= 4 is 5.69 Å². The average Bonchev–Trinajstić information content (AvgIpc) is 2.64. The second-order valence-electron chi connectivity index (χ2n) is 4.04. The summed E-state index contributed by atoms with van der Waals surface area (Å²) in [5.41, 5.74) is 5.78. The van der Waals surface area contributed by atoms with E-state index in [4.69, 9.17) is 10.5 Å². The Bertz CT molecular complexity index is 395. The molecule has 0 aliphatic heterocycles. The van der Waals surface area contributed by atoms with Crippen LogP contribution in [-0.2, 0) is 0 Å². The summed E-state index contributed by atoms with van der Waals surface area (Å²) in [6.45, 7) is 0. The fraction of sp³-hybridized carbons (Fsp3) is 0.455. The Morgan fingerprint density at radius 2 is 2.12 bits per heavy atom. The molecule has 86 valence electrons. The van der Waals surface area contributed by atoms with Crippen molar-refractivity contribution in [1.82, 2.24) is 0 Å². The van der Waals surface area contributed by atoms with E-state index in [1.807, 2.05) is 0 Å². The van der Waals surface area contributed by atoms with Crippen molar-refractivity contribution in [3.8, 4) is 5.75 Å². The van der Waals surface area contributed by atoms with Crippen LogP contribution in [0.1, 0.15) is 19.3 Å². The lowest BCUT2D eigenvalue weighted by atomic mass is 10.2. The van der Waals surface area contributed by atoms with Crippen molar-refractivity contribution < 1.29 is 9.66 Å². The Kier molecular flexibility index (Phi) is 3.05. The topological polar surface area (TPSA) is 78.4 Å². The lowest BCUT2D eigenvalue weighted by Crippen LogP contribution is -2.19. The molecule has 2 atom stereocenters. The summed E-state index contributed by atoms with van der Waals surface area (Å²) in [5.74, 6) is 0.339. The fourth-order valence-electron chi connectivity index (χ4n) is 1.97. The predicted molar refractivity (Wildman–Crippen MR) is 59.3 cm³/mol. The molecule has 0 spiro atoms. The normalized spacial score (nSPS) is 24.3. The maximum absolute atomic E-state index is 10.8. The monoisotopic (exact) mass is 222 g/mol. The molecule has 1 saturated carbocycles. The largest absolute Gasteiger partial charge is 0.483 e. The number of nitro benzene ring substituents is 1. The first-order valence-electron chi connectivity index (χ1n) is 5.32. The van der Waals surface area contributed by atoms with Gasteiger partial charge in [0, 0.05) is 12.1 Å². The number of nitrogens with zero attached hydrogens (tertiary/aromatic N) is 1. The van der Waals surface area contributed by atoms with Crippen LogP contribution in [0.5, 0.6) is 5.75 Å². The molecule has 2 unspecified atom stereocenters. The van der Waals surface area contributed by atoms with Crippen LogP contribution in [0.2, 0.25) is 0 Å². The quantitative estimate of drug-likeness (QED) is 0.625. The molecule has 0 heterocycles. The van der Waals surface area contributed by atoms with Gasteiger partial charge < -0.3 is 10.5 Å². The van der Waals surface area contributed by atoms with Gasteiger partial charge in [-0.15, -0.1) is 0 Å². The predicted octanol–water partition coefficient (Wildman–Crippen LogP) is 1.85. The zero-order valence-electron chi connectivity index (χ0n) is 8.83. The molecule has 1 aromatic carbocycles. The van der Waals surface area contributed by atoms with Crippen molar-refractivity contribution in [2.24, 2.45) is 5.73 Å². The number of para-hydroxylation sites is 2. The first-order valence-corrected chi connectivity index (χ1v) is 5.32. The summed E-state index contributed by atoms with van der Waals surface area (Å²) in [6.07, 6.45) is 2.57. The molecule has 0 saturated heterocycles. The van der Waals surface area contributed by atoms with E-state index in [2.05, 4.69) is 0 Å². The molecule has 2 N–H and O–H groups in total. The molecule has 0 aromatic heterocycles. The van der Waals surface area contributed by atoms with Crippen LogP contribution in [0.25, 0.3) is 0 Å². The molecular formula is C11H14N2O3. The van der Waals surface area contributed by atoms with Crippen LogP contribution in [0, 0.1) is 10.1 Å². The maximum Gasteiger partial charge on any atom is 0.310 e. The van der Waals surface area contributed by atoms with Crippen LogP contribution >= 0.6 is 0 Å². The van der Waals surface area contributed by atoms with Gasteiger partial charge in [-0.05, 0) is 25.3 Å². The number of hydrogen-bond donors (Lipinski definition) is 1. The summed E-state index contributed by atoms with van der Waals surface area (Å²) in [6, 6.07) is 6.60. The lowest BCUT2D eigenvalue weighted by Gasteiger charge is -2.12. The Morgan fingerprint density at radius 1 is 1.38 bits per heavy atom. The number of rotatable bonds is 3. The van der Waals surface area contributed by atoms with Gasteiger partial charge in [-0.25, -0.2) is 0 Å². The summed E-state index contributed by atoms with van der Waals surface area (Å²) >= 11 is 0. The number of hydrogen-bond acceptors (Lipinski definition) is 4. The molecule has 0 amide bonds. The third kappa shape index (κ3) is 2.30. The molecule has 16 heavy (non-hydrogen) atoms. The minimum atomic E-state index is -0.426. The van der Waals surface area contributed by atoms with E-state index < -0.39 is 4.92 Å². The SMILES string of the molecule is NC1CCC(Oc2ccccc2[N+](=O)[O-])C1. The minimum Gasteiger partial charge on any atom is -0.483 e. The Hall–Kier alpha value is -1.62. The van der Waals surface area contributed by atoms with Gasteiger partial charge in [-0.3, -0.25) is 10.1 Å². The molecule has 0 radical (unpaired) electrons. The number of nitrogens with two attached hydrogens (primary N) is 1. The van der Waals surface area contributed by atoms with E-state index in [1.54, 1.807) is 18.2 Å². The first kappa shape index (κ1) is 10.9. The average molecular weight is 222 g/mol. The molecule has 1 aliphatic rings. The number of nitro groups is 1. The summed E-state index contributed by atoms with van der Waals surface area (Å²) in [4.78, 5) is 10.3. The van der Waals surface area contributed by atoms with Crippen LogP contribution < -0.4 is 10.5 Å². The summed E-state index contributed by atoms with van der Waals surface area (Å²) < 4.78 is 5.62. The smallest absolute Gasteiger partial charge is 0.310 e. The van der Waals surface area contributed by atoms with Gasteiger partial charge in [-0.1, -0.05) is 12.1 Å². The lowest BCUT2D eigenvalue weighted by molar-refractivity contribution is -0.386. The maximum atomic E-state index is 10.8. The number of ether oxygens (including phenoxy) is 1. The standard InChI is InChI=1S/C11H14N2O3/c12-8-5-6-9(7-8)16-11-4-2-1-3-10(11)13(14)15/h1-4,8-9H,5-7,12H2. The van der Waals surface area contributed by atoms with E-state index in [-0.39, 0.29) is 17.8 Å². The molecule has 5 nitrogen and oxygen atoms in total. The van der Waals surface area contributed by atoms with Crippen molar-refractivity contribution in [2.75, 3.05) is 0 Å². The number of benzene rings is 1. The van der Waals surface area contributed by atoms with Crippen LogP contribution in [0.15, 0.2) is 24.3 Å². The molecule has 2 rings (SSSR count). The van der Waals surface area contributed by atoms with E-state index in [0.29, 0.717) is 5.75 Å². The Labute approximate surface area is 93.4 Å². The van der Waals surface area contributed by atoms with Crippen molar-refractivity contribution in [2.45, 2.75) is 31.4 Å². The van der Waals surface area contributed by atoms with Gasteiger partial charge >= 0.3 is 5.69 Å². The highest BCUT2D eigenvalue weighted by molar-refractivity contribution is 5.45. The van der Waals surface area contributed by atoms with E-state index in [0.717, 1.165) is 19.3 Å². The first-order chi connectivity index (χ1) is 7.66. The van der Waals surface area contributed by atoms with Crippen molar-refractivity contribution in [3.05, 3.63) is 34.4 Å². The molecule has 0 bridgehead atoms. The molecule has 5 heteroatoms. The van der Waals surface area contributed by atoms with Gasteiger partial charge in [0.15, 0.2) is 5.75 Å². The van der Waals surface area contributed by atoms with Gasteiger partial charge in [0.1, 0.15) is 6.10 Å². The minimum absolute atomic E-state index is 0.0103. The van der Waals surface area contributed by atoms with Gasteiger partial charge in [0.25, 0.3) is 0 Å². The van der Waals surface area contributed by atoms with Gasteiger partial charge in [0.05, 0.1) is 4.92 Å². The second-order valence-corrected chi connectivity index (χ2v) is 4.04. The third-order valence-corrected chi connectivity index (χ3v) is 2.78. The second kappa shape index (κ2) is 4.49. The van der Waals surface area contributed by atoms with Crippen molar-refractivity contribution in [1.29, 1.82) is 0 Å². The zero-order valence-corrected chi connectivity index (χ0v) is 8.83. The highest BCUT2D eigenvalue weighted by atomic mass is 16.6. The van der Waals surface area contributed by atoms with Crippen molar-refractivity contribution in [3.63, 3.8) is 0 Å². The Balaban J connectivity index is 2.12. The highest BCUT2D eigenvalue weighted by Gasteiger charge is 2.25. The fourth-order valence-corrected chi connectivity index (χ4v) is 1.97. The Morgan fingerprint density at radius 3 is 2.75 bits per heavy atom. The van der Waals surface area contributed by atoms with Crippen LogP contribution in [0.4, 0.5) is 5.69 Å². The van der Waals surface area contributed by atoms with E-state index in [1.165, 1.54) is 6.07 Å². The van der Waals surface area contributed by atoms with Gasteiger partial charge in [-0.2, -0.15) is 0 Å².